The summed E-state index contributed by atoms with van der Waals surface area (Å²) in [5.41, 5.74) is 10.8. The summed E-state index contributed by atoms with van der Waals surface area (Å²) in [6, 6.07) is 0. The zero-order valence-electron chi connectivity index (χ0n) is 8.78. The first kappa shape index (κ1) is 13.4. The number of hydrogen-bond donors (Lipinski definition) is 3. The molecule has 0 spiro atoms. The van der Waals surface area contributed by atoms with Gasteiger partial charge in [0, 0.05) is 32.7 Å². The molecule has 0 heterocycles. The lowest BCUT2D eigenvalue weighted by atomic mass is 10.1. The molecule has 5 N–H and O–H groups in total. The monoisotopic (exact) mass is 203 g/mol. The molecule has 0 aromatic heterocycles. The molecule has 0 rings (SSSR count). The molecule has 0 saturated carbocycles. The number of nitrogens with two attached hydrogens (primary N) is 2. The number of carbonyl (C=O) groups is 1. The highest BCUT2D eigenvalue weighted by Gasteiger charge is 2.18. The van der Waals surface area contributed by atoms with E-state index in [0.717, 1.165) is 0 Å². The molecule has 5 nitrogen and oxygen atoms in total. The van der Waals surface area contributed by atoms with Crippen LogP contribution in [0, 0.1) is 5.92 Å². The summed E-state index contributed by atoms with van der Waals surface area (Å²) in [5.74, 6) is -1.06. The van der Waals surface area contributed by atoms with Gasteiger partial charge in [-0.05, 0) is 6.42 Å². The standard InChI is InChI=1S/C9H21N3O2/c1-2-8(9(13)14)7-12(5-3-10)6-4-11/h8H,2-7,10-11H2,1H3,(H,13,14). The van der Waals surface area contributed by atoms with E-state index in [1.807, 2.05) is 11.8 Å². The second-order valence-corrected chi connectivity index (χ2v) is 3.32. The van der Waals surface area contributed by atoms with Crippen molar-refractivity contribution in [3.8, 4) is 0 Å². The predicted octanol–water partition coefficient (Wildman–Crippen LogP) is -0.683. The zero-order chi connectivity index (χ0) is 11.0. The van der Waals surface area contributed by atoms with Gasteiger partial charge in [-0.1, -0.05) is 6.92 Å². The topological polar surface area (TPSA) is 92.6 Å². The van der Waals surface area contributed by atoms with E-state index in [0.29, 0.717) is 39.1 Å². The van der Waals surface area contributed by atoms with Gasteiger partial charge in [0.25, 0.3) is 0 Å². The normalized spacial score (nSPS) is 13.1. The Morgan fingerprint density at radius 2 is 1.86 bits per heavy atom. The Morgan fingerprint density at radius 1 is 1.36 bits per heavy atom. The van der Waals surface area contributed by atoms with Crippen molar-refractivity contribution in [1.82, 2.24) is 4.90 Å². The third kappa shape index (κ3) is 5.16. The summed E-state index contributed by atoms with van der Waals surface area (Å²) in [6.07, 6.45) is 0.640. The second-order valence-electron chi connectivity index (χ2n) is 3.32. The summed E-state index contributed by atoms with van der Waals surface area (Å²) >= 11 is 0. The molecule has 0 fully saturated rings. The molecule has 0 saturated heterocycles. The van der Waals surface area contributed by atoms with Crippen LogP contribution < -0.4 is 11.5 Å². The minimum absolute atomic E-state index is 0.312. The Labute approximate surface area is 85.1 Å². The number of rotatable bonds is 8. The number of carboxylic acids is 1. The summed E-state index contributed by atoms with van der Waals surface area (Å²) < 4.78 is 0. The maximum atomic E-state index is 10.8. The van der Waals surface area contributed by atoms with Gasteiger partial charge in [-0.15, -0.1) is 0 Å². The summed E-state index contributed by atoms with van der Waals surface area (Å²) in [6.45, 7) is 4.91. The molecule has 0 aromatic rings. The molecule has 0 aliphatic heterocycles. The molecule has 0 radical (unpaired) electrons. The van der Waals surface area contributed by atoms with Crippen LogP contribution in [0.5, 0.6) is 0 Å². The van der Waals surface area contributed by atoms with Crippen LogP contribution >= 0.6 is 0 Å². The average molecular weight is 203 g/mol. The Kier molecular flexibility index (Phi) is 7.37. The third-order valence-corrected chi connectivity index (χ3v) is 2.21. The van der Waals surface area contributed by atoms with Crippen molar-refractivity contribution in [2.75, 3.05) is 32.7 Å². The van der Waals surface area contributed by atoms with Crippen LogP contribution in [0.25, 0.3) is 0 Å². The maximum Gasteiger partial charge on any atom is 0.307 e. The lowest BCUT2D eigenvalue weighted by molar-refractivity contribution is -0.142. The van der Waals surface area contributed by atoms with E-state index in [1.165, 1.54) is 0 Å². The van der Waals surface area contributed by atoms with E-state index in [4.69, 9.17) is 16.6 Å². The SMILES string of the molecule is CCC(CN(CCN)CCN)C(=O)O. The zero-order valence-corrected chi connectivity index (χ0v) is 8.78. The largest absolute Gasteiger partial charge is 0.481 e. The summed E-state index contributed by atoms with van der Waals surface area (Å²) in [7, 11) is 0. The van der Waals surface area contributed by atoms with Gasteiger partial charge in [0.05, 0.1) is 5.92 Å². The predicted molar refractivity (Wildman–Crippen MR) is 56.0 cm³/mol. The smallest absolute Gasteiger partial charge is 0.307 e. The highest BCUT2D eigenvalue weighted by atomic mass is 16.4. The molecule has 0 amide bonds. The first-order valence-electron chi connectivity index (χ1n) is 5.01. The van der Waals surface area contributed by atoms with Gasteiger partial charge < -0.3 is 16.6 Å². The Bertz CT molecular complexity index is 158. The Hall–Kier alpha value is -0.650. The Balaban J connectivity index is 4.03. The molecule has 84 valence electrons. The quantitative estimate of drug-likeness (QED) is 0.486. The van der Waals surface area contributed by atoms with Crippen molar-refractivity contribution in [1.29, 1.82) is 0 Å². The van der Waals surface area contributed by atoms with Gasteiger partial charge in [-0.2, -0.15) is 0 Å². The van der Waals surface area contributed by atoms with Crippen molar-refractivity contribution >= 4 is 5.97 Å². The van der Waals surface area contributed by atoms with Gasteiger partial charge in [0.2, 0.25) is 0 Å². The van der Waals surface area contributed by atoms with E-state index in [2.05, 4.69) is 0 Å². The highest BCUT2D eigenvalue weighted by molar-refractivity contribution is 5.70. The van der Waals surface area contributed by atoms with Crippen LogP contribution in [0.4, 0.5) is 0 Å². The molecule has 1 unspecified atom stereocenters. The van der Waals surface area contributed by atoms with Gasteiger partial charge in [-0.3, -0.25) is 9.69 Å². The number of hydrogen-bond acceptors (Lipinski definition) is 4. The number of carboxylic acid groups (broad SMARTS) is 1. The van der Waals surface area contributed by atoms with Gasteiger partial charge in [-0.25, -0.2) is 0 Å². The van der Waals surface area contributed by atoms with E-state index >= 15 is 0 Å². The number of nitrogens with zero attached hydrogens (tertiary/aromatic N) is 1. The molecule has 0 aliphatic carbocycles. The molecular weight excluding hydrogens is 182 g/mol. The van der Waals surface area contributed by atoms with E-state index in [9.17, 15) is 4.79 Å². The molecule has 0 bridgehead atoms. The van der Waals surface area contributed by atoms with Crippen LogP contribution in [0.1, 0.15) is 13.3 Å². The summed E-state index contributed by atoms with van der Waals surface area (Å²) in [5, 5.41) is 8.87. The lowest BCUT2D eigenvalue weighted by Crippen LogP contribution is -2.39. The number of aliphatic carboxylic acids is 1. The van der Waals surface area contributed by atoms with Gasteiger partial charge in [0.15, 0.2) is 0 Å². The molecule has 0 aromatic carbocycles. The lowest BCUT2D eigenvalue weighted by Gasteiger charge is -2.23. The van der Waals surface area contributed by atoms with Crippen molar-refractivity contribution in [2.45, 2.75) is 13.3 Å². The van der Waals surface area contributed by atoms with Crippen molar-refractivity contribution < 1.29 is 9.90 Å². The van der Waals surface area contributed by atoms with Gasteiger partial charge in [0.1, 0.15) is 0 Å². The van der Waals surface area contributed by atoms with Crippen molar-refractivity contribution in [3.05, 3.63) is 0 Å². The first-order chi connectivity index (χ1) is 6.65. The first-order valence-corrected chi connectivity index (χ1v) is 5.01. The minimum atomic E-state index is -0.744. The van der Waals surface area contributed by atoms with Crippen LogP contribution in [-0.4, -0.2) is 48.7 Å². The molecule has 5 heteroatoms. The fourth-order valence-electron chi connectivity index (χ4n) is 1.35. The third-order valence-electron chi connectivity index (χ3n) is 2.21. The second kappa shape index (κ2) is 7.73. The van der Waals surface area contributed by atoms with Gasteiger partial charge >= 0.3 is 5.97 Å². The van der Waals surface area contributed by atoms with E-state index in [1.54, 1.807) is 0 Å². The van der Waals surface area contributed by atoms with Crippen LogP contribution in [0.15, 0.2) is 0 Å². The minimum Gasteiger partial charge on any atom is -0.481 e. The highest BCUT2D eigenvalue weighted by Crippen LogP contribution is 2.05. The fourth-order valence-corrected chi connectivity index (χ4v) is 1.35. The van der Waals surface area contributed by atoms with Crippen LogP contribution in [0.3, 0.4) is 0 Å². The van der Waals surface area contributed by atoms with Crippen molar-refractivity contribution in [3.63, 3.8) is 0 Å². The molecule has 1 atom stereocenters. The van der Waals surface area contributed by atoms with Crippen LogP contribution in [0.2, 0.25) is 0 Å². The average Bonchev–Trinajstić information content (AvgIpc) is 2.14. The molecular formula is C9H21N3O2. The van der Waals surface area contributed by atoms with E-state index in [-0.39, 0.29) is 5.92 Å². The Morgan fingerprint density at radius 3 is 2.14 bits per heavy atom. The molecule has 14 heavy (non-hydrogen) atoms. The van der Waals surface area contributed by atoms with Crippen molar-refractivity contribution in [2.24, 2.45) is 17.4 Å². The maximum absolute atomic E-state index is 10.8. The van der Waals surface area contributed by atoms with Crippen LogP contribution in [-0.2, 0) is 4.79 Å². The summed E-state index contributed by atoms with van der Waals surface area (Å²) in [4.78, 5) is 12.8. The van der Waals surface area contributed by atoms with E-state index < -0.39 is 5.97 Å². The fraction of sp³-hybridized carbons (Fsp3) is 0.889. The molecule has 0 aliphatic rings.